The minimum Gasteiger partial charge on any atom is -0.481 e. The SMILES string of the molecule is CCCCCCCCOc1ccc(-c2cc(C(CCCOC(C)C(F)(F)F)CCCC(=O)O)ccc2-c2ccccc2)cn1. The molecule has 240 valence electrons. The molecular formula is C36H46F3NO4. The van der Waals surface area contributed by atoms with E-state index in [1.54, 1.807) is 0 Å². The largest absolute Gasteiger partial charge is 0.481 e. The predicted molar refractivity (Wildman–Crippen MR) is 169 cm³/mol. The van der Waals surface area contributed by atoms with Crippen molar-refractivity contribution in [3.05, 3.63) is 72.4 Å². The van der Waals surface area contributed by atoms with Crippen molar-refractivity contribution in [3.8, 4) is 28.1 Å². The van der Waals surface area contributed by atoms with Gasteiger partial charge in [0.25, 0.3) is 0 Å². The van der Waals surface area contributed by atoms with Crippen molar-refractivity contribution >= 4 is 5.97 Å². The van der Waals surface area contributed by atoms with E-state index < -0.39 is 18.2 Å². The average molecular weight is 614 g/mol. The first-order valence-corrected chi connectivity index (χ1v) is 15.9. The van der Waals surface area contributed by atoms with Crippen LogP contribution in [-0.4, -0.2) is 41.6 Å². The number of pyridine rings is 1. The molecule has 0 spiro atoms. The molecule has 0 aliphatic heterocycles. The van der Waals surface area contributed by atoms with Crippen LogP contribution < -0.4 is 4.74 Å². The Hall–Kier alpha value is -3.39. The van der Waals surface area contributed by atoms with Gasteiger partial charge in [-0.3, -0.25) is 4.79 Å². The molecule has 5 nitrogen and oxygen atoms in total. The molecule has 0 aliphatic rings. The summed E-state index contributed by atoms with van der Waals surface area (Å²) < 4.78 is 49.6. The van der Waals surface area contributed by atoms with Gasteiger partial charge in [0.15, 0.2) is 6.10 Å². The first-order valence-electron chi connectivity index (χ1n) is 15.9. The molecule has 3 aromatic rings. The Balaban J connectivity index is 1.79. The summed E-state index contributed by atoms with van der Waals surface area (Å²) in [6.07, 6.45) is 4.85. The van der Waals surface area contributed by atoms with Gasteiger partial charge >= 0.3 is 12.1 Å². The second-order valence-corrected chi connectivity index (χ2v) is 11.4. The Morgan fingerprint density at radius 1 is 0.841 bits per heavy atom. The highest BCUT2D eigenvalue weighted by Crippen LogP contribution is 2.37. The van der Waals surface area contributed by atoms with Crippen LogP contribution in [0.25, 0.3) is 22.3 Å². The Morgan fingerprint density at radius 2 is 1.57 bits per heavy atom. The molecule has 0 bridgehead atoms. The molecule has 8 heteroatoms. The van der Waals surface area contributed by atoms with Gasteiger partial charge in [0, 0.05) is 30.9 Å². The number of carbonyl (C=O) groups is 1. The van der Waals surface area contributed by atoms with E-state index in [2.05, 4.69) is 24.0 Å². The highest BCUT2D eigenvalue weighted by molar-refractivity contribution is 5.83. The van der Waals surface area contributed by atoms with E-state index in [0.717, 1.165) is 47.6 Å². The molecule has 0 fully saturated rings. The third kappa shape index (κ3) is 11.9. The van der Waals surface area contributed by atoms with Gasteiger partial charge in [0.05, 0.1) is 6.61 Å². The molecule has 1 heterocycles. The Labute approximate surface area is 259 Å². The molecule has 1 aromatic heterocycles. The van der Waals surface area contributed by atoms with Crippen LogP contribution in [-0.2, 0) is 9.53 Å². The van der Waals surface area contributed by atoms with E-state index in [4.69, 9.17) is 9.47 Å². The van der Waals surface area contributed by atoms with Crippen molar-refractivity contribution in [2.75, 3.05) is 13.2 Å². The van der Waals surface area contributed by atoms with Crippen molar-refractivity contribution < 1.29 is 32.5 Å². The molecule has 44 heavy (non-hydrogen) atoms. The molecule has 3 rings (SSSR count). The van der Waals surface area contributed by atoms with E-state index in [-0.39, 0.29) is 18.9 Å². The summed E-state index contributed by atoms with van der Waals surface area (Å²) >= 11 is 0. The summed E-state index contributed by atoms with van der Waals surface area (Å²) in [5.74, 6) is -0.314. The number of carboxylic acids is 1. The van der Waals surface area contributed by atoms with Gasteiger partial charge in [0.1, 0.15) is 0 Å². The van der Waals surface area contributed by atoms with Gasteiger partial charge < -0.3 is 14.6 Å². The van der Waals surface area contributed by atoms with Gasteiger partial charge in [-0.15, -0.1) is 0 Å². The van der Waals surface area contributed by atoms with Crippen molar-refractivity contribution in [2.24, 2.45) is 0 Å². The summed E-state index contributed by atoms with van der Waals surface area (Å²) in [6.45, 7) is 3.83. The molecule has 0 amide bonds. The first kappa shape index (κ1) is 35.1. The Morgan fingerprint density at radius 3 is 2.25 bits per heavy atom. The van der Waals surface area contributed by atoms with Crippen LogP contribution in [0.4, 0.5) is 13.2 Å². The molecule has 2 atom stereocenters. The molecule has 0 radical (unpaired) electrons. The summed E-state index contributed by atoms with van der Waals surface area (Å²) in [6, 6.07) is 20.1. The topological polar surface area (TPSA) is 68.7 Å². The lowest BCUT2D eigenvalue weighted by molar-refractivity contribution is -0.214. The van der Waals surface area contributed by atoms with Crippen molar-refractivity contribution in [1.29, 1.82) is 0 Å². The minimum atomic E-state index is -4.40. The smallest absolute Gasteiger partial charge is 0.414 e. The molecular weight excluding hydrogens is 567 g/mol. The minimum absolute atomic E-state index is 0.0187. The highest BCUT2D eigenvalue weighted by Gasteiger charge is 2.36. The zero-order valence-corrected chi connectivity index (χ0v) is 26.0. The summed E-state index contributed by atoms with van der Waals surface area (Å²) in [5, 5.41) is 9.19. The van der Waals surface area contributed by atoms with Crippen LogP contribution in [0, 0.1) is 0 Å². The zero-order chi connectivity index (χ0) is 31.8. The maximum Gasteiger partial charge on any atom is 0.414 e. The number of alkyl halides is 3. The number of nitrogens with zero attached hydrogens (tertiary/aromatic N) is 1. The number of aromatic nitrogens is 1. The van der Waals surface area contributed by atoms with E-state index >= 15 is 0 Å². The Bertz CT molecular complexity index is 1250. The molecule has 0 aliphatic carbocycles. The van der Waals surface area contributed by atoms with Crippen LogP contribution in [0.3, 0.4) is 0 Å². The monoisotopic (exact) mass is 613 g/mol. The zero-order valence-electron chi connectivity index (χ0n) is 26.0. The van der Waals surface area contributed by atoms with Crippen molar-refractivity contribution in [2.45, 2.75) is 103 Å². The van der Waals surface area contributed by atoms with E-state index in [1.165, 1.54) is 25.7 Å². The fourth-order valence-corrected chi connectivity index (χ4v) is 5.27. The lowest BCUT2D eigenvalue weighted by atomic mass is 9.85. The standard InChI is InChI=1S/C36H46F3NO4/c1-3-4-5-6-7-11-23-44-34-22-20-31(26-40-34)33-25-30(19-21-32(33)29-14-9-8-10-15-29)28(16-12-18-35(41)42)17-13-24-43-27(2)36(37,38)39/h8-10,14-15,19-22,25-28H,3-7,11-13,16-18,23-24H2,1-2H3,(H,41,42). The fourth-order valence-electron chi connectivity index (χ4n) is 5.27. The molecule has 1 N–H and O–H groups in total. The second-order valence-electron chi connectivity index (χ2n) is 11.4. The normalized spacial score (nSPS) is 13.0. The summed E-state index contributed by atoms with van der Waals surface area (Å²) in [4.78, 5) is 15.8. The number of carboxylic acid groups (broad SMARTS) is 1. The molecule has 0 saturated carbocycles. The van der Waals surface area contributed by atoms with Crippen LogP contribution in [0.2, 0.25) is 0 Å². The van der Waals surface area contributed by atoms with Crippen molar-refractivity contribution in [3.63, 3.8) is 0 Å². The van der Waals surface area contributed by atoms with Crippen molar-refractivity contribution in [1.82, 2.24) is 4.98 Å². The molecule has 2 unspecified atom stereocenters. The highest BCUT2D eigenvalue weighted by atomic mass is 19.4. The van der Waals surface area contributed by atoms with E-state index in [1.807, 2.05) is 54.7 Å². The number of rotatable bonds is 20. The van der Waals surface area contributed by atoms with Crippen LogP contribution >= 0.6 is 0 Å². The summed E-state index contributed by atoms with van der Waals surface area (Å²) in [7, 11) is 0. The third-order valence-electron chi connectivity index (χ3n) is 7.86. The number of benzene rings is 2. The average Bonchev–Trinajstić information content (AvgIpc) is 3.01. The lowest BCUT2D eigenvalue weighted by Gasteiger charge is -2.21. The van der Waals surface area contributed by atoms with Gasteiger partial charge in [0.2, 0.25) is 5.88 Å². The number of ether oxygens (including phenoxy) is 2. The van der Waals surface area contributed by atoms with E-state index in [0.29, 0.717) is 38.2 Å². The fraction of sp³-hybridized carbons (Fsp3) is 0.500. The molecule has 2 aromatic carbocycles. The third-order valence-corrected chi connectivity index (χ3v) is 7.86. The number of hydrogen-bond acceptors (Lipinski definition) is 4. The maximum absolute atomic E-state index is 12.9. The lowest BCUT2D eigenvalue weighted by Crippen LogP contribution is -2.28. The number of unbranched alkanes of at least 4 members (excludes halogenated alkanes) is 5. The van der Waals surface area contributed by atoms with Gasteiger partial charge in [-0.25, -0.2) is 4.98 Å². The van der Waals surface area contributed by atoms with Crippen LogP contribution in [0.1, 0.15) is 96.0 Å². The van der Waals surface area contributed by atoms with Crippen LogP contribution in [0.15, 0.2) is 66.9 Å². The summed E-state index contributed by atoms with van der Waals surface area (Å²) in [5.41, 5.74) is 4.99. The number of halogens is 3. The predicted octanol–water partition coefficient (Wildman–Crippen LogP) is 10.2. The molecule has 0 saturated heterocycles. The van der Waals surface area contributed by atoms with Crippen LogP contribution in [0.5, 0.6) is 5.88 Å². The maximum atomic E-state index is 12.9. The second kappa shape index (κ2) is 18.4. The Kier molecular flexibility index (Phi) is 14.7. The van der Waals surface area contributed by atoms with Gasteiger partial charge in [-0.05, 0) is 73.3 Å². The van der Waals surface area contributed by atoms with Gasteiger partial charge in [-0.2, -0.15) is 13.2 Å². The number of hydrogen-bond donors (Lipinski definition) is 1. The van der Waals surface area contributed by atoms with Gasteiger partial charge in [-0.1, -0.05) is 87.6 Å². The number of aliphatic carboxylic acids is 1. The first-order chi connectivity index (χ1) is 21.2. The quantitative estimate of drug-likeness (QED) is 0.128. The van der Waals surface area contributed by atoms with E-state index in [9.17, 15) is 23.1 Å².